The van der Waals surface area contributed by atoms with E-state index in [1.54, 1.807) is 51.1 Å². The largest absolute Gasteiger partial charge is 0.322 e. The summed E-state index contributed by atoms with van der Waals surface area (Å²) in [5.74, 6) is -0.264. The molecule has 0 aliphatic carbocycles. The molecule has 24 heavy (non-hydrogen) atoms. The number of carbonyl (C=O) groups is 1. The first kappa shape index (κ1) is 18.6. The highest BCUT2D eigenvalue weighted by molar-refractivity contribution is 9.10. The zero-order valence-corrected chi connectivity index (χ0v) is 16.0. The molecule has 0 aliphatic rings. The molecule has 0 aromatic heterocycles. The van der Waals surface area contributed by atoms with Gasteiger partial charge in [0.25, 0.3) is 5.91 Å². The molecule has 0 radical (unpaired) electrons. The van der Waals surface area contributed by atoms with Crippen LogP contribution in [0, 0.1) is 0 Å². The van der Waals surface area contributed by atoms with Crippen LogP contribution in [0.25, 0.3) is 0 Å². The summed E-state index contributed by atoms with van der Waals surface area (Å²) in [6.07, 6.45) is 0. The Bertz CT molecular complexity index is 841. The van der Waals surface area contributed by atoms with Gasteiger partial charge in [-0.2, -0.15) is 0 Å². The average Bonchev–Trinajstić information content (AvgIpc) is 2.45. The minimum atomic E-state index is -3.59. The van der Waals surface area contributed by atoms with Gasteiger partial charge in [0.15, 0.2) is 0 Å². The van der Waals surface area contributed by atoms with Crippen LogP contribution in [-0.2, 0) is 10.0 Å². The van der Waals surface area contributed by atoms with Crippen LogP contribution in [0.4, 0.5) is 5.69 Å². The highest BCUT2D eigenvalue weighted by Crippen LogP contribution is 2.18. The van der Waals surface area contributed by atoms with Crippen LogP contribution in [0.3, 0.4) is 0 Å². The van der Waals surface area contributed by atoms with Gasteiger partial charge in [-0.1, -0.05) is 22.0 Å². The van der Waals surface area contributed by atoms with Crippen LogP contribution in [0.15, 0.2) is 57.9 Å². The second-order valence-corrected chi connectivity index (χ2v) is 8.94. The Morgan fingerprint density at radius 1 is 1.04 bits per heavy atom. The second-order valence-electron chi connectivity index (χ2n) is 6.34. The van der Waals surface area contributed by atoms with Crippen LogP contribution >= 0.6 is 15.9 Å². The number of nitrogens with one attached hydrogen (secondary N) is 2. The van der Waals surface area contributed by atoms with E-state index in [0.29, 0.717) is 11.3 Å². The van der Waals surface area contributed by atoms with E-state index in [1.807, 2.05) is 6.07 Å². The van der Waals surface area contributed by atoms with E-state index >= 15 is 0 Å². The zero-order valence-electron chi connectivity index (χ0n) is 13.6. The average molecular weight is 411 g/mol. The third-order valence-corrected chi connectivity index (χ3v) is 5.22. The monoisotopic (exact) mass is 410 g/mol. The van der Waals surface area contributed by atoms with Gasteiger partial charge in [0.1, 0.15) is 0 Å². The van der Waals surface area contributed by atoms with Crippen molar-refractivity contribution in [3.8, 4) is 0 Å². The lowest BCUT2D eigenvalue weighted by Gasteiger charge is -2.20. The minimum absolute atomic E-state index is 0.151. The van der Waals surface area contributed by atoms with Gasteiger partial charge < -0.3 is 5.32 Å². The molecule has 2 aromatic rings. The van der Waals surface area contributed by atoms with Crippen molar-refractivity contribution >= 4 is 37.5 Å². The van der Waals surface area contributed by atoms with Crippen molar-refractivity contribution in [1.82, 2.24) is 4.72 Å². The molecule has 128 valence electrons. The fourth-order valence-corrected chi connectivity index (χ4v) is 3.83. The normalized spacial score (nSPS) is 12.0. The van der Waals surface area contributed by atoms with E-state index in [2.05, 4.69) is 26.0 Å². The quantitative estimate of drug-likeness (QED) is 0.804. The Labute approximate surface area is 150 Å². The molecule has 2 N–H and O–H groups in total. The van der Waals surface area contributed by atoms with Gasteiger partial charge in [-0.05, 0) is 63.2 Å². The maximum absolute atomic E-state index is 12.2. The Balaban J connectivity index is 2.14. The molecule has 5 nitrogen and oxygen atoms in total. The number of rotatable bonds is 4. The maximum Gasteiger partial charge on any atom is 0.255 e. The zero-order chi connectivity index (χ0) is 18.0. The molecule has 0 unspecified atom stereocenters. The Morgan fingerprint density at radius 3 is 2.21 bits per heavy atom. The van der Waals surface area contributed by atoms with Gasteiger partial charge in [-0.15, -0.1) is 0 Å². The number of anilines is 1. The second kappa shape index (κ2) is 7.04. The summed E-state index contributed by atoms with van der Waals surface area (Å²) in [5.41, 5.74) is 0.469. The van der Waals surface area contributed by atoms with Crippen LogP contribution in [0.2, 0.25) is 0 Å². The third-order valence-electron chi connectivity index (χ3n) is 2.95. The minimum Gasteiger partial charge on any atom is -0.322 e. The van der Waals surface area contributed by atoms with Crippen molar-refractivity contribution in [2.45, 2.75) is 31.2 Å². The summed E-state index contributed by atoms with van der Waals surface area (Å²) < 4.78 is 27.9. The van der Waals surface area contributed by atoms with E-state index in [-0.39, 0.29) is 10.8 Å². The number of halogens is 1. The van der Waals surface area contributed by atoms with Gasteiger partial charge in [0.2, 0.25) is 10.0 Å². The van der Waals surface area contributed by atoms with Gasteiger partial charge in [-0.25, -0.2) is 13.1 Å². The van der Waals surface area contributed by atoms with Gasteiger partial charge in [0.05, 0.1) is 4.90 Å². The van der Waals surface area contributed by atoms with Crippen LogP contribution < -0.4 is 10.0 Å². The van der Waals surface area contributed by atoms with E-state index in [9.17, 15) is 13.2 Å². The lowest BCUT2D eigenvalue weighted by molar-refractivity contribution is 0.102. The van der Waals surface area contributed by atoms with E-state index in [4.69, 9.17) is 0 Å². The highest BCUT2D eigenvalue weighted by Gasteiger charge is 2.21. The maximum atomic E-state index is 12.2. The molecule has 2 rings (SSSR count). The molecule has 0 fully saturated rings. The van der Waals surface area contributed by atoms with Crippen LogP contribution in [0.5, 0.6) is 0 Å². The number of carbonyl (C=O) groups excluding carboxylic acids is 1. The molecule has 0 heterocycles. The molecule has 0 saturated heterocycles. The first-order valence-electron chi connectivity index (χ1n) is 7.28. The molecule has 0 saturated carbocycles. The fourth-order valence-electron chi connectivity index (χ4n) is 2.01. The first-order chi connectivity index (χ1) is 11.1. The molecule has 0 aliphatic heterocycles. The standard InChI is InChI=1S/C17H19BrN2O3S/c1-17(2,3)20-24(22,23)15-9-7-14(8-10-15)19-16(21)12-5-4-6-13(18)11-12/h4-11,20H,1-3H3,(H,19,21). The number of benzene rings is 2. The molecule has 2 aromatic carbocycles. The fraction of sp³-hybridized carbons (Fsp3) is 0.235. The van der Waals surface area contributed by atoms with E-state index < -0.39 is 15.6 Å². The molecule has 0 spiro atoms. The number of amides is 1. The van der Waals surface area contributed by atoms with Crippen molar-refractivity contribution in [3.63, 3.8) is 0 Å². The Hall–Kier alpha value is -1.70. The topological polar surface area (TPSA) is 75.3 Å². The Morgan fingerprint density at radius 2 is 1.67 bits per heavy atom. The van der Waals surface area contributed by atoms with Crippen LogP contribution in [-0.4, -0.2) is 19.9 Å². The van der Waals surface area contributed by atoms with Crippen LogP contribution in [0.1, 0.15) is 31.1 Å². The van der Waals surface area contributed by atoms with Gasteiger partial charge >= 0.3 is 0 Å². The molecule has 1 amide bonds. The van der Waals surface area contributed by atoms with Gasteiger partial charge in [-0.3, -0.25) is 4.79 Å². The first-order valence-corrected chi connectivity index (χ1v) is 9.55. The third kappa shape index (κ3) is 5.15. The number of hydrogen-bond donors (Lipinski definition) is 2. The summed E-state index contributed by atoms with van der Waals surface area (Å²) in [7, 11) is -3.59. The van der Waals surface area contributed by atoms with Crippen molar-refractivity contribution in [2.75, 3.05) is 5.32 Å². The smallest absolute Gasteiger partial charge is 0.255 e. The van der Waals surface area contributed by atoms with Gasteiger partial charge in [0, 0.05) is 21.3 Å². The Kier molecular flexibility index (Phi) is 5.47. The molecular weight excluding hydrogens is 392 g/mol. The van der Waals surface area contributed by atoms with E-state index in [0.717, 1.165) is 4.47 Å². The summed E-state index contributed by atoms with van der Waals surface area (Å²) in [6.45, 7) is 5.32. The lowest BCUT2D eigenvalue weighted by atomic mass is 10.1. The van der Waals surface area contributed by atoms with Crippen molar-refractivity contribution in [3.05, 3.63) is 58.6 Å². The molecule has 0 bridgehead atoms. The summed E-state index contributed by atoms with van der Waals surface area (Å²) in [4.78, 5) is 12.3. The highest BCUT2D eigenvalue weighted by atomic mass is 79.9. The van der Waals surface area contributed by atoms with Crippen molar-refractivity contribution < 1.29 is 13.2 Å². The lowest BCUT2D eigenvalue weighted by Crippen LogP contribution is -2.40. The predicted molar refractivity (Wildman–Crippen MR) is 98.6 cm³/mol. The van der Waals surface area contributed by atoms with E-state index in [1.165, 1.54) is 12.1 Å². The number of hydrogen-bond acceptors (Lipinski definition) is 3. The van der Waals surface area contributed by atoms with Crippen molar-refractivity contribution in [2.24, 2.45) is 0 Å². The summed E-state index contributed by atoms with van der Waals surface area (Å²) in [5, 5.41) is 2.74. The summed E-state index contributed by atoms with van der Waals surface area (Å²) in [6, 6.07) is 13.1. The molecule has 7 heteroatoms. The molecular formula is C17H19BrN2O3S. The number of sulfonamides is 1. The predicted octanol–water partition coefficient (Wildman–Crippen LogP) is 3.78. The SMILES string of the molecule is CC(C)(C)NS(=O)(=O)c1ccc(NC(=O)c2cccc(Br)c2)cc1. The summed E-state index contributed by atoms with van der Waals surface area (Å²) >= 11 is 3.32. The van der Waals surface area contributed by atoms with Crippen molar-refractivity contribution in [1.29, 1.82) is 0 Å². The molecule has 0 atom stereocenters.